The third-order valence-corrected chi connectivity index (χ3v) is 8.01. The Hall–Kier alpha value is -2.79. The van der Waals surface area contributed by atoms with Gasteiger partial charge in [0.2, 0.25) is 0 Å². The molecule has 1 aromatic carbocycles. The van der Waals surface area contributed by atoms with Crippen LogP contribution in [-0.2, 0) is 38.5 Å². The van der Waals surface area contributed by atoms with Gasteiger partial charge in [-0.25, -0.2) is 4.39 Å². The van der Waals surface area contributed by atoms with Crippen LogP contribution in [0.5, 0.6) is 5.75 Å². The second kappa shape index (κ2) is 12.8. The van der Waals surface area contributed by atoms with E-state index in [1.807, 2.05) is 17.9 Å². The highest BCUT2D eigenvalue weighted by atomic mass is 19.1. The molecule has 2 atom stereocenters. The lowest BCUT2D eigenvalue weighted by Crippen LogP contribution is -2.49. The lowest BCUT2D eigenvalue weighted by Gasteiger charge is -2.38. The lowest BCUT2D eigenvalue weighted by atomic mass is 9.98. The summed E-state index contributed by atoms with van der Waals surface area (Å²) in [5.74, 6) is -0.606. The number of unbranched alkanes of at least 4 members (excludes halogenated alkanes) is 1. The number of ether oxygens (including phenoxy) is 4. The number of halogens is 1. The van der Waals surface area contributed by atoms with Crippen molar-refractivity contribution in [1.82, 2.24) is 9.88 Å². The average molecular weight is 558 g/mol. The van der Waals surface area contributed by atoms with Crippen molar-refractivity contribution in [3.05, 3.63) is 52.6 Å². The van der Waals surface area contributed by atoms with Crippen LogP contribution in [-0.4, -0.2) is 79.2 Å². The molecule has 0 radical (unpaired) electrons. The minimum Gasteiger partial charge on any atom is -0.494 e. The van der Waals surface area contributed by atoms with Crippen LogP contribution in [0, 0.1) is 5.82 Å². The van der Waals surface area contributed by atoms with Gasteiger partial charge < -0.3 is 29.4 Å². The largest absolute Gasteiger partial charge is 0.494 e. The Labute approximate surface area is 235 Å². The fourth-order valence-electron chi connectivity index (χ4n) is 5.73. The van der Waals surface area contributed by atoms with Crippen molar-refractivity contribution in [2.75, 3.05) is 51.9 Å². The lowest BCUT2D eigenvalue weighted by molar-refractivity contribution is -0.205. The number of aryl methyl sites for hydroxylation is 2. The van der Waals surface area contributed by atoms with E-state index in [0.29, 0.717) is 38.5 Å². The topological polar surface area (TPSA) is 102 Å². The molecule has 0 bridgehead atoms. The molecule has 0 aliphatic carbocycles. The first-order valence-corrected chi connectivity index (χ1v) is 14.2. The monoisotopic (exact) mass is 557 g/mol. The van der Waals surface area contributed by atoms with E-state index in [4.69, 9.17) is 23.9 Å². The van der Waals surface area contributed by atoms with E-state index in [1.54, 1.807) is 19.2 Å². The van der Waals surface area contributed by atoms with Crippen LogP contribution >= 0.6 is 0 Å². The highest BCUT2D eigenvalue weighted by molar-refractivity contribution is 5.76. The number of methoxy groups -OCH3 is 1. The van der Waals surface area contributed by atoms with Gasteiger partial charge in [-0.3, -0.25) is 14.7 Å². The Balaban J connectivity index is 1.12. The van der Waals surface area contributed by atoms with Crippen molar-refractivity contribution in [2.45, 2.75) is 69.8 Å². The normalized spacial score (nSPS) is 20.8. The molecule has 2 saturated heterocycles. The number of pyridine rings is 1. The number of carboxylic acids is 1. The van der Waals surface area contributed by atoms with E-state index >= 15 is 0 Å². The number of nitrogens with one attached hydrogen (secondary N) is 1. The first kappa shape index (κ1) is 28.7. The summed E-state index contributed by atoms with van der Waals surface area (Å²) in [6.45, 7) is 5.39. The summed E-state index contributed by atoms with van der Waals surface area (Å²) in [7, 11) is 1.69. The van der Waals surface area contributed by atoms with Gasteiger partial charge in [0, 0.05) is 43.6 Å². The van der Waals surface area contributed by atoms with Crippen LogP contribution in [0.1, 0.15) is 61.2 Å². The molecular formula is C30H40FN3O6. The number of carboxylic acid groups (broad SMARTS) is 1. The number of anilines is 1. The third kappa shape index (κ3) is 6.57. The second-order valence-electron chi connectivity index (χ2n) is 11.2. The molecule has 5 rings (SSSR count). The van der Waals surface area contributed by atoms with Crippen LogP contribution < -0.4 is 10.1 Å². The molecule has 3 aliphatic rings. The molecule has 1 unspecified atom stereocenters. The highest BCUT2D eigenvalue weighted by Crippen LogP contribution is 2.33. The molecule has 40 heavy (non-hydrogen) atoms. The molecule has 0 amide bonds. The maximum Gasteiger partial charge on any atom is 0.325 e. The third-order valence-electron chi connectivity index (χ3n) is 8.01. The van der Waals surface area contributed by atoms with Gasteiger partial charge >= 0.3 is 5.97 Å². The number of aromatic nitrogens is 1. The number of fused-ring (bicyclic) bond motifs is 1. The SMILES string of the molecule is COc1cc(CCCCO[C@@H]2CCN(C(C(=O)O)c3cccc(F)c3COC3(C)COC3)C2)nc2c1NCCC2. The first-order valence-electron chi connectivity index (χ1n) is 14.2. The van der Waals surface area contributed by atoms with Crippen LogP contribution in [0.2, 0.25) is 0 Å². The smallest absolute Gasteiger partial charge is 0.325 e. The summed E-state index contributed by atoms with van der Waals surface area (Å²) in [6.07, 6.45) is 5.37. The number of nitrogens with zero attached hydrogens (tertiary/aromatic N) is 2. The number of hydrogen-bond acceptors (Lipinski definition) is 8. The summed E-state index contributed by atoms with van der Waals surface area (Å²) in [5, 5.41) is 13.5. The molecule has 2 aromatic rings. The number of aliphatic carboxylic acids is 1. The van der Waals surface area contributed by atoms with E-state index in [2.05, 4.69) is 5.32 Å². The number of hydrogen-bond donors (Lipinski definition) is 2. The Bertz CT molecular complexity index is 1170. The number of carbonyl (C=O) groups is 1. The predicted molar refractivity (Wildman–Crippen MR) is 147 cm³/mol. The maximum atomic E-state index is 14.9. The zero-order chi connectivity index (χ0) is 28.1. The molecule has 9 nitrogen and oxygen atoms in total. The fourth-order valence-corrected chi connectivity index (χ4v) is 5.73. The zero-order valence-corrected chi connectivity index (χ0v) is 23.4. The van der Waals surface area contributed by atoms with Crippen molar-refractivity contribution in [1.29, 1.82) is 0 Å². The summed E-state index contributed by atoms with van der Waals surface area (Å²) >= 11 is 0. The molecule has 0 saturated carbocycles. The molecule has 0 spiro atoms. The Kier molecular flexibility index (Phi) is 9.20. The van der Waals surface area contributed by atoms with Crippen molar-refractivity contribution in [2.24, 2.45) is 0 Å². The number of rotatable bonds is 13. The predicted octanol–water partition coefficient (Wildman–Crippen LogP) is 4.13. The maximum absolute atomic E-state index is 14.9. The van der Waals surface area contributed by atoms with E-state index in [9.17, 15) is 14.3 Å². The molecule has 4 heterocycles. The standard InChI is InChI=1S/C30H40FN3O6/c1-30(18-38-19-30)40-17-23-22(8-5-9-24(23)31)28(29(35)36)34-13-11-21(16-34)39-14-4-3-7-20-15-26(37-2)27-25(33-20)10-6-12-32-27/h5,8-9,15,21,28,32H,3-4,6-7,10-14,16-19H2,1-2H3,(H,35,36)/t21-,28?/m1/s1. The van der Waals surface area contributed by atoms with Gasteiger partial charge in [0.25, 0.3) is 0 Å². The number of benzene rings is 1. The van der Waals surface area contributed by atoms with Crippen LogP contribution in [0.15, 0.2) is 24.3 Å². The minimum absolute atomic E-state index is 0.000872. The summed E-state index contributed by atoms with van der Waals surface area (Å²) in [6, 6.07) is 5.65. The molecular weight excluding hydrogens is 517 g/mol. The average Bonchev–Trinajstić information content (AvgIpc) is 3.39. The molecule has 3 aliphatic heterocycles. The molecule has 218 valence electrons. The molecule has 10 heteroatoms. The van der Waals surface area contributed by atoms with Gasteiger partial charge in [0.1, 0.15) is 23.2 Å². The van der Waals surface area contributed by atoms with Gasteiger partial charge in [-0.2, -0.15) is 0 Å². The molecule has 2 N–H and O–H groups in total. The van der Waals surface area contributed by atoms with Gasteiger partial charge in [0.15, 0.2) is 0 Å². The Morgan fingerprint density at radius 2 is 2.20 bits per heavy atom. The summed E-state index contributed by atoms with van der Waals surface area (Å²) < 4.78 is 37.7. The highest BCUT2D eigenvalue weighted by Gasteiger charge is 2.38. The quantitative estimate of drug-likeness (QED) is 0.352. The van der Waals surface area contributed by atoms with Crippen molar-refractivity contribution >= 4 is 11.7 Å². The second-order valence-corrected chi connectivity index (χ2v) is 11.2. The van der Waals surface area contributed by atoms with Crippen molar-refractivity contribution in [3.8, 4) is 5.75 Å². The zero-order valence-electron chi connectivity index (χ0n) is 23.4. The van der Waals surface area contributed by atoms with E-state index in [-0.39, 0.29) is 18.3 Å². The van der Waals surface area contributed by atoms with Crippen LogP contribution in [0.4, 0.5) is 10.1 Å². The Morgan fingerprint density at radius 1 is 1.35 bits per heavy atom. The van der Waals surface area contributed by atoms with Crippen molar-refractivity contribution in [3.63, 3.8) is 0 Å². The summed E-state index contributed by atoms with van der Waals surface area (Å²) in [4.78, 5) is 19.1. The van der Waals surface area contributed by atoms with Crippen molar-refractivity contribution < 1.29 is 33.2 Å². The molecule has 2 fully saturated rings. The Morgan fingerprint density at radius 3 is 2.95 bits per heavy atom. The molecule has 1 aromatic heterocycles. The van der Waals surface area contributed by atoms with Crippen LogP contribution in [0.25, 0.3) is 0 Å². The van der Waals surface area contributed by atoms with Crippen LogP contribution in [0.3, 0.4) is 0 Å². The summed E-state index contributed by atoms with van der Waals surface area (Å²) in [5.41, 5.74) is 3.38. The van der Waals surface area contributed by atoms with Gasteiger partial charge in [-0.1, -0.05) is 12.1 Å². The minimum atomic E-state index is -1.01. The fraction of sp³-hybridized carbons (Fsp3) is 0.600. The van der Waals surface area contributed by atoms with E-state index in [0.717, 1.165) is 67.9 Å². The van der Waals surface area contributed by atoms with Gasteiger partial charge in [-0.15, -0.1) is 0 Å². The van der Waals surface area contributed by atoms with E-state index in [1.165, 1.54) is 6.07 Å². The van der Waals surface area contributed by atoms with E-state index < -0.39 is 23.4 Å². The number of likely N-dealkylation sites (tertiary alicyclic amines) is 1. The first-order chi connectivity index (χ1) is 19.4. The van der Waals surface area contributed by atoms with Gasteiger partial charge in [0.05, 0.1) is 44.4 Å². The van der Waals surface area contributed by atoms with Gasteiger partial charge in [-0.05, 0) is 57.1 Å².